The summed E-state index contributed by atoms with van der Waals surface area (Å²) in [6.45, 7) is 10.5. The molecular formula is C17H29N3O. The molecule has 0 aliphatic carbocycles. The summed E-state index contributed by atoms with van der Waals surface area (Å²) in [5.74, 6) is 0.183. The summed E-state index contributed by atoms with van der Waals surface area (Å²) in [6.07, 6.45) is 1.77. The smallest absolute Gasteiger partial charge is 0.247 e. The van der Waals surface area contributed by atoms with Crippen molar-refractivity contribution in [3.8, 4) is 0 Å². The first-order chi connectivity index (χ1) is 10.3. The molecule has 2 aliphatic heterocycles. The van der Waals surface area contributed by atoms with E-state index in [1.807, 2.05) is 45.9 Å². The van der Waals surface area contributed by atoms with Crippen LogP contribution in [0.5, 0.6) is 0 Å². The van der Waals surface area contributed by atoms with Crippen LogP contribution in [-0.2, 0) is 4.79 Å². The van der Waals surface area contributed by atoms with Crippen LogP contribution in [0.4, 0.5) is 5.69 Å². The minimum absolute atomic E-state index is 0.183. The molecule has 0 aromatic heterocycles. The van der Waals surface area contributed by atoms with Crippen LogP contribution in [-0.4, -0.2) is 31.2 Å². The van der Waals surface area contributed by atoms with E-state index in [9.17, 15) is 4.79 Å². The summed E-state index contributed by atoms with van der Waals surface area (Å²) in [5.41, 5.74) is 0.805. The van der Waals surface area contributed by atoms with Crippen molar-refractivity contribution in [1.29, 1.82) is 0 Å². The molecule has 118 valence electrons. The van der Waals surface area contributed by atoms with Gasteiger partial charge in [-0.15, -0.1) is 0 Å². The topological polar surface area (TPSA) is 44.4 Å². The van der Waals surface area contributed by atoms with Crippen molar-refractivity contribution in [2.75, 3.05) is 24.7 Å². The molecule has 2 N–H and O–H groups in total. The van der Waals surface area contributed by atoms with Crippen LogP contribution in [0.2, 0.25) is 0 Å². The number of carbonyl (C=O) groups excluding carboxylic acids is 1. The van der Waals surface area contributed by atoms with Crippen LogP contribution in [0.1, 0.15) is 40.5 Å². The Balaban J connectivity index is 0.000000510. The van der Waals surface area contributed by atoms with E-state index in [0.717, 1.165) is 31.6 Å². The number of carbonyl (C=O) groups is 1. The summed E-state index contributed by atoms with van der Waals surface area (Å²) >= 11 is 0. The molecule has 0 saturated carbocycles. The highest BCUT2D eigenvalue weighted by molar-refractivity contribution is 5.93. The Bertz CT molecular complexity index is 413. The summed E-state index contributed by atoms with van der Waals surface area (Å²) in [6, 6.07) is 10.2. The van der Waals surface area contributed by atoms with Crippen molar-refractivity contribution in [2.45, 2.75) is 46.1 Å². The molecule has 0 atom stereocenters. The summed E-state index contributed by atoms with van der Waals surface area (Å²) in [5, 5.41) is 6.31. The van der Waals surface area contributed by atoms with Crippen molar-refractivity contribution >= 4 is 11.6 Å². The first kappa shape index (κ1) is 17.5. The van der Waals surface area contributed by atoms with Crippen LogP contribution in [0, 0.1) is 0 Å². The summed E-state index contributed by atoms with van der Waals surface area (Å²) in [7, 11) is 0. The predicted molar refractivity (Wildman–Crippen MR) is 89.5 cm³/mol. The zero-order valence-corrected chi connectivity index (χ0v) is 13.8. The molecule has 2 saturated heterocycles. The maximum absolute atomic E-state index is 12.2. The largest absolute Gasteiger partial charge is 0.339 e. The molecule has 1 aromatic carbocycles. The van der Waals surface area contributed by atoms with Gasteiger partial charge >= 0.3 is 0 Å². The molecule has 2 aliphatic rings. The first-order valence-electron chi connectivity index (χ1n) is 8.15. The maximum atomic E-state index is 12.2. The van der Waals surface area contributed by atoms with Gasteiger partial charge in [-0.05, 0) is 38.1 Å². The maximum Gasteiger partial charge on any atom is 0.247 e. The number of hydrogen-bond donors (Lipinski definition) is 2. The molecule has 1 spiro atoms. The Morgan fingerprint density at radius 1 is 1.00 bits per heavy atom. The average molecular weight is 291 g/mol. The molecule has 21 heavy (non-hydrogen) atoms. The third-order valence-electron chi connectivity index (χ3n) is 3.84. The lowest BCUT2D eigenvalue weighted by atomic mass is 9.86. The van der Waals surface area contributed by atoms with Gasteiger partial charge in [0.2, 0.25) is 5.91 Å². The second-order valence-corrected chi connectivity index (χ2v) is 4.71. The number of amides is 1. The summed E-state index contributed by atoms with van der Waals surface area (Å²) < 4.78 is 0. The molecule has 1 amide bonds. The van der Waals surface area contributed by atoms with Crippen molar-refractivity contribution in [3.63, 3.8) is 0 Å². The number of rotatable bonds is 1. The van der Waals surface area contributed by atoms with Crippen molar-refractivity contribution in [1.82, 2.24) is 10.6 Å². The Morgan fingerprint density at radius 3 is 2.14 bits per heavy atom. The number of hydrogen-bond acceptors (Lipinski definition) is 3. The van der Waals surface area contributed by atoms with Gasteiger partial charge in [-0.3, -0.25) is 4.79 Å². The highest BCUT2D eigenvalue weighted by Crippen LogP contribution is 2.34. The molecule has 0 unspecified atom stereocenters. The van der Waals surface area contributed by atoms with Gasteiger partial charge in [0.05, 0.1) is 6.67 Å². The van der Waals surface area contributed by atoms with Crippen LogP contribution in [0.3, 0.4) is 0 Å². The van der Waals surface area contributed by atoms with Crippen molar-refractivity contribution in [3.05, 3.63) is 30.3 Å². The fourth-order valence-electron chi connectivity index (χ4n) is 2.87. The second kappa shape index (κ2) is 8.67. The number of anilines is 1. The number of nitrogens with one attached hydrogen (secondary N) is 2. The van der Waals surface area contributed by atoms with E-state index in [1.54, 1.807) is 0 Å². The minimum Gasteiger partial charge on any atom is -0.339 e. The van der Waals surface area contributed by atoms with Gasteiger partial charge in [-0.25, -0.2) is 0 Å². The summed E-state index contributed by atoms with van der Waals surface area (Å²) in [4.78, 5) is 14.4. The third kappa shape index (κ3) is 3.56. The Labute approximate surface area is 128 Å². The second-order valence-electron chi connectivity index (χ2n) is 4.71. The van der Waals surface area contributed by atoms with E-state index in [0.29, 0.717) is 6.67 Å². The van der Waals surface area contributed by atoms with Gasteiger partial charge < -0.3 is 15.5 Å². The van der Waals surface area contributed by atoms with E-state index in [2.05, 4.69) is 27.7 Å². The quantitative estimate of drug-likeness (QED) is 0.836. The van der Waals surface area contributed by atoms with E-state index in [1.165, 1.54) is 0 Å². The average Bonchev–Trinajstić information content (AvgIpc) is 2.89. The van der Waals surface area contributed by atoms with Crippen molar-refractivity contribution < 1.29 is 4.79 Å². The van der Waals surface area contributed by atoms with Crippen LogP contribution >= 0.6 is 0 Å². The number of para-hydroxylation sites is 1. The zero-order valence-electron chi connectivity index (χ0n) is 13.8. The lowest BCUT2D eigenvalue weighted by Gasteiger charge is -2.40. The van der Waals surface area contributed by atoms with Crippen molar-refractivity contribution in [2.24, 2.45) is 0 Å². The Kier molecular flexibility index (Phi) is 7.23. The van der Waals surface area contributed by atoms with Crippen LogP contribution < -0.4 is 15.5 Å². The van der Waals surface area contributed by atoms with E-state index < -0.39 is 0 Å². The number of nitrogens with zero attached hydrogens (tertiary/aromatic N) is 1. The molecule has 0 bridgehead atoms. The van der Waals surface area contributed by atoms with E-state index in [-0.39, 0.29) is 11.4 Å². The predicted octanol–water partition coefficient (Wildman–Crippen LogP) is 2.75. The van der Waals surface area contributed by atoms with Gasteiger partial charge in [0, 0.05) is 5.69 Å². The Morgan fingerprint density at radius 2 is 1.57 bits per heavy atom. The molecule has 2 heterocycles. The van der Waals surface area contributed by atoms with Gasteiger partial charge in [-0.2, -0.15) is 0 Å². The Hall–Kier alpha value is -1.55. The standard InChI is InChI=1S/C13H17N3O.2C2H6/c17-12-13(6-8-14-9-7-13)16(10-15-12)11-4-2-1-3-5-11;2*1-2/h1-5,14H,6-10H2,(H,15,17);2*1-2H3. The first-order valence-corrected chi connectivity index (χ1v) is 8.15. The van der Waals surface area contributed by atoms with Gasteiger partial charge in [0.15, 0.2) is 0 Å². The molecule has 4 nitrogen and oxygen atoms in total. The molecule has 4 heteroatoms. The fraction of sp³-hybridized carbons (Fsp3) is 0.588. The highest BCUT2D eigenvalue weighted by atomic mass is 16.2. The van der Waals surface area contributed by atoms with Crippen LogP contribution in [0.15, 0.2) is 30.3 Å². The normalized spacial score (nSPS) is 19.0. The monoisotopic (exact) mass is 291 g/mol. The van der Waals surface area contributed by atoms with E-state index >= 15 is 0 Å². The van der Waals surface area contributed by atoms with Gasteiger partial charge in [-0.1, -0.05) is 45.9 Å². The molecule has 3 rings (SSSR count). The molecule has 1 aromatic rings. The zero-order chi connectivity index (χ0) is 15.7. The molecule has 0 radical (unpaired) electrons. The van der Waals surface area contributed by atoms with E-state index in [4.69, 9.17) is 0 Å². The lowest BCUT2D eigenvalue weighted by Crippen LogP contribution is -2.55. The SMILES string of the molecule is CC.CC.O=C1NCN(c2ccccc2)C12CCNCC2. The lowest BCUT2D eigenvalue weighted by molar-refractivity contribution is -0.124. The molecule has 2 fully saturated rings. The number of piperidine rings is 1. The fourth-order valence-corrected chi connectivity index (χ4v) is 2.87. The van der Waals surface area contributed by atoms with Gasteiger partial charge in [0.25, 0.3) is 0 Å². The number of benzene rings is 1. The third-order valence-corrected chi connectivity index (χ3v) is 3.84. The highest BCUT2D eigenvalue weighted by Gasteiger charge is 2.48. The van der Waals surface area contributed by atoms with Gasteiger partial charge in [0.1, 0.15) is 5.54 Å². The minimum atomic E-state index is -0.327. The molecular weight excluding hydrogens is 262 g/mol. The van der Waals surface area contributed by atoms with Crippen LogP contribution in [0.25, 0.3) is 0 Å².